The van der Waals surface area contributed by atoms with E-state index in [2.05, 4.69) is 10.3 Å². The minimum absolute atomic E-state index is 0.151. The minimum atomic E-state index is -0.632. The summed E-state index contributed by atoms with van der Waals surface area (Å²) in [6, 6.07) is 1.87. The van der Waals surface area contributed by atoms with Gasteiger partial charge in [-0.1, -0.05) is 6.92 Å². The molecule has 0 aliphatic heterocycles. The van der Waals surface area contributed by atoms with E-state index in [4.69, 9.17) is 0 Å². The Bertz CT molecular complexity index is 566. The number of thiophene rings is 1. The van der Waals surface area contributed by atoms with Crippen LogP contribution in [-0.2, 0) is 6.54 Å². The first-order chi connectivity index (χ1) is 9.22. The topological polar surface area (TPSA) is 67.2 Å². The highest BCUT2D eigenvalue weighted by atomic mass is 32.1. The molecule has 19 heavy (non-hydrogen) atoms. The summed E-state index contributed by atoms with van der Waals surface area (Å²) in [7, 11) is 0. The normalized spacial score (nSPS) is 12.3. The summed E-state index contributed by atoms with van der Waals surface area (Å²) in [4.78, 5) is 16.0. The van der Waals surface area contributed by atoms with Crippen LogP contribution in [0.2, 0.25) is 0 Å². The molecule has 6 heteroatoms. The summed E-state index contributed by atoms with van der Waals surface area (Å²) >= 11 is 1.53. The van der Waals surface area contributed by atoms with Gasteiger partial charge in [0.2, 0.25) is 0 Å². The summed E-state index contributed by atoms with van der Waals surface area (Å²) in [5, 5.41) is 16.7. The van der Waals surface area contributed by atoms with Crippen LogP contribution in [0.4, 0.5) is 5.82 Å². The Morgan fingerprint density at radius 1 is 1.58 bits per heavy atom. The van der Waals surface area contributed by atoms with Gasteiger partial charge in [0.15, 0.2) is 5.82 Å². The number of aromatic nitrogens is 2. The van der Waals surface area contributed by atoms with Crippen LogP contribution in [-0.4, -0.2) is 21.2 Å². The average molecular weight is 279 g/mol. The van der Waals surface area contributed by atoms with Crippen molar-refractivity contribution in [2.75, 3.05) is 11.9 Å². The van der Waals surface area contributed by atoms with Gasteiger partial charge in [0, 0.05) is 25.5 Å². The van der Waals surface area contributed by atoms with E-state index in [1.807, 2.05) is 23.8 Å². The molecule has 0 saturated heterocycles. The quantitative estimate of drug-likeness (QED) is 0.847. The first-order valence-electron chi connectivity index (χ1n) is 6.22. The number of aliphatic hydroxyl groups is 1. The lowest BCUT2D eigenvalue weighted by Crippen LogP contribution is -2.26. The van der Waals surface area contributed by atoms with Gasteiger partial charge in [-0.15, -0.1) is 0 Å². The Hall–Kier alpha value is -1.66. The Labute approximate surface area is 115 Å². The van der Waals surface area contributed by atoms with Crippen LogP contribution in [0.3, 0.4) is 0 Å². The van der Waals surface area contributed by atoms with E-state index in [9.17, 15) is 9.90 Å². The van der Waals surface area contributed by atoms with E-state index in [1.54, 1.807) is 17.0 Å². The molecule has 0 radical (unpaired) electrons. The van der Waals surface area contributed by atoms with Gasteiger partial charge in [0.25, 0.3) is 5.56 Å². The number of aliphatic hydroxyl groups excluding tert-OH is 1. The molecule has 0 aromatic carbocycles. The van der Waals surface area contributed by atoms with Crippen molar-refractivity contribution in [2.45, 2.75) is 26.0 Å². The minimum Gasteiger partial charge on any atom is -0.387 e. The highest BCUT2D eigenvalue weighted by Gasteiger charge is 2.10. The number of nitrogens with one attached hydrogen (secondary N) is 1. The third-order valence-corrected chi connectivity index (χ3v) is 3.47. The molecule has 1 atom stereocenters. The van der Waals surface area contributed by atoms with Gasteiger partial charge in [0.05, 0.1) is 6.10 Å². The van der Waals surface area contributed by atoms with Gasteiger partial charge in [-0.05, 0) is 28.8 Å². The summed E-state index contributed by atoms with van der Waals surface area (Å²) in [5.74, 6) is 0.283. The number of anilines is 1. The molecule has 1 unspecified atom stereocenters. The van der Waals surface area contributed by atoms with Gasteiger partial charge in [0.1, 0.15) is 0 Å². The van der Waals surface area contributed by atoms with Gasteiger partial charge < -0.3 is 15.0 Å². The van der Waals surface area contributed by atoms with Crippen LogP contribution in [0.1, 0.15) is 25.0 Å². The fourth-order valence-corrected chi connectivity index (χ4v) is 2.47. The second-order valence-corrected chi connectivity index (χ2v) is 5.01. The van der Waals surface area contributed by atoms with Gasteiger partial charge in [-0.25, -0.2) is 4.98 Å². The van der Waals surface area contributed by atoms with E-state index < -0.39 is 6.10 Å². The Kier molecular flexibility index (Phi) is 4.70. The summed E-state index contributed by atoms with van der Waals surface area (Å²) in [6.45, 7) is 2.96. The summed E-state index contributed by atoms with van der Waals surface area (Å²) in [6.07, 6.45) is 3.52. The van der Waals surface area contributed by atoms with Crippen molar-refractivity contribution in [1.82, 2.24) is 9.55 Å². The number of nitrogens with zero attached hydrogens (tertiary/aromatic N) is 2. The molecule has 0 aliphatic rings. The lowest BCUT2D eigenvalue weighted by molar-refractivity contribution is 0.192. The number of hydrogen-bond donors (Lipinski definition) is 2. The maximum absolute atomic E-state index is 12.0. The van der Waals surface area contributed by atoms with E-state index in [0.29, 0.717) is 6.54 Å². The van der Waals surface area contributed by atoms with E-state index in [1.165, 1.54) is 11.3 Å². The maximum atomic E-state index is 12.0. The molecule has 2 aromatic heterocycles. The van der Waals surface area contributed by atoms with Crippen LogP contribution in [0, 0.1) is 0 Å². The lowest BCUT2D eigenvalue weighted by Gasteiger charge is -2.11. The van der Waals surface area contributed by atoms with Crippen molar-refractivity contribution in [3.63, 3.8) is 0 Å². The smallest absolute Gasteiger partial charge is 0.293 e. The molecule has 0 aliphatic carbocycles. The van der Waals surface area contributed by atoms with Crippen molar-refractivity contribution < 1.29 is 5.11 Å². The number of hydrogen-bond acceptors (Lipinski definition) is 5. The first-order valence-corrected chi connectivity index (χ1v) is 7.16. The molecule has 2 N–H and O–H groups in total. The van der Waals surface area contributed by atoms with Crippen LogP contribution < -0.4 is 10.9 Å². The predicted molar refractivity (Wildman–Crippen MR) is 76.6 cm³/mol. The molecule has 0 spiro atoms. The highest BCUT2D eigenvalue weighted by Crippen LogP contribution is 2.15. The van der Waals surface area contributed by atoms with Crippen molar-refractivity contribution in [2.24, 2.45) is 0 Å². The molecular formula is C13H17N3O2S. The van der Waals surface area contributed by atoms with E-state index >= 15 is 0 Å². The largest absolute Gasteiger partial charge is 0.387 e. The SMILES string of the molecule is CCCn1ccnc(NCC(O)c2ccsc2)c1=O. The molecule has 102 valence electrons. The maximum Gasteiger partial charge on any atom is 0.293 e. The molecule has 0 amide bonds. The fourth-order valence-electron chi connectivity index (χ4n) is 1.76. The van der Waals surface area contributed by atoms with Crippen molar-refractivity contribution in [1.29, 1.82) is 0 Å². The average Bonchev–Trinajstić information content (AvgIpc) is 2.94. The Balaban J connectivity index is 2.03. The molecule has 2 aromatic rings. The zero-order valence-electron chi connectivity index (χ0n) is 10.7. The number of rotatable bonds is 6. The van der Waals surface area contributed by atoms with Gasteiger partial charge >= 0.3 is 0 Å². The molecule has 2 heterocycles. The Morgan fingerprint density at radius 3 is 3.11 bits per heavy atom. The van der Waals surface area contributed by atoms with Gasteiger partial charge in [-0.3, -0.25) is 4.79 Å². The van der Waals surface area contributed by atoms with Crippen LogP contribution in [0.5, 0.6) is 0 Å². The van der Waals surface area contributed by atoms with Crippen LogP contribution >= 0.6 is 11.3 Å². The number of aryl methyl sites for hydroxylation is 1. The first kappa shape index (κ1) is 13.8. The molecule has 2 rings (SSSR count). The van der Waals surface area contributed by atoms with Crippen molar-refractivity contribution in [3.8, 4) is 0 Å². The third kappa shape index (κ3) is 3.42. The highest BCUT2D eigenvalue weighted by molar-refractivity contribution is 7.07. The van der Waals surface area contributed by atoms with Crippen molar-refractivity contribution in [3.05, 3.63) is 45.1 Å². The molecule has 0 fully saturated rings. The zero-order chi connectivity index (χ0) is 13.7. The summed E-state index contributed by atoms with van der Waals surface area (Å²) in [5.41, 5.74) is 0.698. The monoisotopic (exact) mass is 279 g/mol. The molecular weight excluding hydrogens is 262 g/mol. The Morgan fingerprint density at radius 2 is 2.42 bits per heavy atom. The second-order valence-electron chi connectivity index (χ2n) is 4.23. The second kappa shape index (κ2) is 6.49. The van der Waals surface area contributed by atoms with E-state index in [0.717, 1.165) is 12.0 Å². The van der Waals surface area contributed by atoms with Gasteiger partial charge in [-0.2, -0.15) is 11.3 Å². The van der Waals surface area contributed by atoms with E-state index in [-0.39, 0.29) is 17.9 Å². The van der Waals surface area contributed by atoms with Crippen LogP contribution in [0.15, 0.2) is 34.0 Å². The lowest BCUT2D eigenvalue weighted by atomic mass is 10.2. The molecule has 0 saturated carbocycles. The van der Waals surface area contributed by atoms with Crippen molar-refractivity contribution >= 4 is 17.2 Å². The van der Waals surface area contributed by atoms with Crippen LogP contribution in [0.25, 0.3) is 0 Å². The predicted octanol–water partition coefficient (Wildman–Crippen LogP) is 1.86. The third-order valence-electron chi connectivity index (χ3n) is 2.77. The molecule has 5 nitrogen and oxygen atoms in total. The fraction of sp³-hybridized carbons (Fsp3) is 0.385. The zero-order valence-corrected chi connectivity index (χ0v) is 11.6. The summed E-state index contributed by atoms with van der Waals surface area (Å²) < 4.78 is 1.62. The molecule has 0 bridgehead atoms. The standard InChI is InChI=1S/C13H17N3O2S/c1-2-5-16-6-4-14-12(13(16)18)15-8-11(17)10-3-7-19-9-10/h3-4,6-7,9,11,17H,2,5,8H2,1H3,(H,14,15).